The minimum absolute atomic E-state index is 0.0658. The van der Waals surface area contributed by atoms with Crippen LogP contribution < -0.4 is 0 Å². The summed E-state index contributed by atoms with van der Waals surface area (Å²) < 4.78 is 0. The van der Waals surface area contributed by atoms with E-state index in [1.165, 1.54) is 6.42 Å². The van der Waals surface area contributed by atoms with Gasteiger partial charge in [0, 0.05) is 18.7 Å². The lowest BCUT2D eigenvalue weighted by Crippen LogP contribution is -2.45. The number of benzene rings is 1. The molecule has 2 atom stereocenters. The Kier molecular flexibility index (Phi) is 5.11. The molecule has 2 rings (SSSR count). The number of aliphatic hydroxyl groups is 1. The molecule has 2 unspecified atom stereocenters. The molecule has 0 spiro atoms. The lowest BCUT2D eigenvalue weighted by atomic mass is 9.93. The van der Waals surface area contributed by atoms with Gasteiger partial charge in [0.05, 0.1) is 6.04 Å². The SMILES string of the molecule is CC(C(=O)c1ccccc1)N1CCCC(CCO)C1. The van der Waals surface area contributed by atoms with E-state index in [0.29, 0.717) is 5.92 Å². The third-order valence-corrected chi connectivity index (χ3v) is 4.07. The Bertz CT molecular complexity index is 402. The molecule has 0 aromatic heterocycles. The first-order chi connectivity index (χ1) is 9.22. The van der Waals surface area contributed by atoms with Crippen molar-refractivity contribution in [2.45, 2.75) is 32.2 Å². The summed E-state index contributed by atoms with van der Waals surface area (Å²) >= 11 is 0. The summed E-state index contributed by atoms with van der Waals surface area (Å²) in [4.78, 5) is 14.7. The molecule has 0 bridgehead atoms. The van der Waals surface area contributed by atoms with Crippen LogP contribution in [0.4, 0.5) is 0 Å². The van der Waals surface area contributed by atoms with Crippen molar-refractivity contribution >= 4 is 5.78 Å². The summed E-state index contributed by atoms with van der Waals surface area (Å²) in [5, 5.41) is 9.05. The van der Waals surface area contributed by atoms with Gasteiger partial charge in [-0.3, -0.25) is 9.69 Å². The zero-order chi connectivity index (χ0) is 13.7. The van der Waals surface area contributed by atoms with Gasteiger partial charge in [-0.05, 0) is 38.6 Å². The maximum atomic E-state index is 12.4. The van der Waals surface area contributed by atoms with Crippen molar-refractivity contribution < 1.29 is 9.90 Å². The van der Waals surface area contributed by atoms with Gasteiger partial charge in [-0.2, -0.15) is 0 Å². The van der Waals surface area contributed by atoms with E-state index in [0.717, 1.165) is 31.5 Å². The zero-order valence-electron chi connectivity index (χ0n) is 11.6. The van der Waals surface area contributed by atoms with Crippen LogP contribution in [0.5, 0.6) is 0 Å². The third kappa shape index (κ3) is 3.64. The van der Waals surface area contributed by atoms with Crippen molar-refractivity contribution in [2.75, 3.05) is 19.7 Å². The summed E-state index contributed by atoms with van der Waals surface area (Å²) in [7, 11) is 0. The van der Waals surface area contributed by atoms with E-state index in [1.54, 1.807) is 0 Å². The Morgan fingerprint density at radius 1 is 1.42 bits per heavy atom. The number of hydrogen-bond acceptors (Lipinski definition) is 3. The van der Waals surface area contributed by atoms with Gasteiger partial charge in [0.1, 0.15) is 0 Å². The van der Waals surface area contributed by atoms with Gasteiger partial charge in [-0.25, -0.2) is 0 Å². The number of rotatable bonds is 5. The molecule has 1 aliphatic rings. The van der Waals surface area contributed by atoms with E-state index in [1.807, 2.05) is 37.3 Å². The number of carbonyl (C=O) groups is 1. The molecule has 19 heavy (non-hydrogen) atoms. The predicted octanol–water partition coefficient (Wildman–Crippen LogP) is 2.35. The molecule has 0 saturated carbocycles. The molecular formula is C16H23NO2. The first-order valence-corrected chi connectivity index (χ1v) is 7.16. The van der Waals surface area contributed by atoms with Crippen LogP contribution in [0.25, 0.3) is 0 Å². The minimum atomic E-state index is -0.0658. The van der Waals surface area contributed by atoms with E-state index in [2.05, 4.69) is 4.90 Å². The van der Waals surface area contributed by atoms with Crippen molar-refractivity contribution in [1.29, 1.82) is 0 Å². The summed E-state index contributed by atoms with van der Waals surface area (Å²) in [5.41, 5.74) is 0.791. The second-order valence-corrected chi connectivity index (χ2v) is 5.42. The standard InChI is InChI=1S/C16H23NO2/c1-13(16(19)15-7-3-2-4-8-15)17-10-5-6-14(12-17)9-11-18/h2-4,7-8,13-14,18H,5-6,9-12H2,1H3. The monoisotopic (exact) mass is 261 g/mol. The number of ketones is 1. The van der Waals surface area contributed by atoms with Crippen molar-refractivity contribution in [3.05, 3.63) is 35.9 Å². The van der Waals surface area contributed by atoms with Gasteiger partial charge >= 0.3 is 0 Å². The maximum Gasteiger partial charge on any atom is 0.179 e. The van der Waals surface area contributed by atoms with Crippen LogP contribution in [0.15, 0.2) is 30.3 Å². The Hall–Kier alpha value is -1.19. The van der Waals surface area contributed by atoms with Gasteiger partial charge in [0.25, 0.3) is 0 Å². The Morgan fingerprint density at radius 2 is 2.16 bits per heavy atom. The average molecular weight is 261 g/mol. The van der Waals surface area contributed by atoms with E-state index >= 15 is 0 Å². The molecule has 3 nitrogen and oxygen atoms in total. The second-order valence-electron chi connectivity index (χ2n) is 5.42. The van der Waals surface area contributed by atoms with E-state index in [9.17, 15) is 4.79 Å². The maximum absolute atomic E-state index is 12.4. The van der Waals surface area contributed by atoms with E-state index in [-0.39, 0.29) is 18.4 Å². The first kappa shape index (κ1) is 14.2. The predicted molar refractivity (Wildman–Crippen MR) is 76.2 cm³/mol. The van der Waals surface area contributed by atoms with Crippen molar-refractivity contribution in [1.82, 2.24) is 4.90 Å². The van der Waals surface area contributed by atoms with Crippen LogP contribution in [0.1, 0.15) is 36.5 Å². The molecule has 0 radical (unpaired) electrons. The van der Waals surface area contributed by atoms with Gasteiger partial charge < -0.3 is 5.11 Å². The molecule has 1 fully saturated rings. The summed E-state index contributed by atoms with van der Waals surface area (Å²) in [6, 6.07) is 9.45. The summed E-state index contributed by atoms with van der Waals surface area (Å²) in [6.45, 7) is 4.16. The van der Waals surface area contributed by atoms with Gasteiger partial charge in [0.15, 0.2) is 5.78 Å². The number of likely N-dealkylation sites (tertiary alicyclic amines) is 1. The molecule has 1 N–H and O–H groups in total. The van der Waals surface area contributed by atoms with Crippen molar-refractivity contribution in [2.24, 2.45) is 5.92 Å². The van der Waals surface area contributed by atoms with Crippen LogP contribution in [0.2, 0.25) is 0 Å². The van der Waals surface area contributed by atoms with Crippen LogP contribution >= 0.6 is 0 Å². The van der Waals surface area contributed by atoms with Gasteiger partial charge in [-0.15, -0.1) is 0 Å². The first-order valence-electron chi connectivity index (χ1n) is 7.16. The molecule has 1 saturated heterocycles. The highest BCUT2D eigenvalue weighted by Crippen LogP contribution is 2.22. The van der Waals surface area contributed by atoms with E-state index in [4.69, 9.17) is 5.11 Å². The number of aliphatic hydroxyl groups excluding tert-OH is 1. The summed E-state index contributed by atoms with van der Waals surface area (Å²) in [6.07, 6.45) is 3.14. The number of carbonyl (C=O) groups excluding carboxylic acids is 1. The quantitative estimate of drug-likeness (QED) is 0.827. The Labute approximate surface area is 115 Å². The summed E-state index contributed by atoms with van der Waals surface area (Å²) in [5.74, 6) is 0.732. The lowest BCUT2D eigenvalue weighted by molar-refractivity contribution is 0.0728. The van der Waals surface area contributed by atoms with Crippen molar-refractivity contribution in [3.8, 4) is 0 Å². The van der Waals surface area contributed by atoms with Crippen LogP contribution in [-0.4, -0.2) is 41.5 Å². The number of piperidine rings is 1. The molecule has 1 aromatic carbocycles. The Morgan fingerprint density at radius 3 is 2.84 bits per heavy atom. The van der Waals surface area contributed by atoms with Gasteiger partial charge in [0.2, 0.25) is 0 Å². The minimum Gasteiger partial charge on any atom is -0.396 e. The molecule has 0 amide bonds. The average Bonchev–Trinajstić information content (AvgIpc) is 2.47. The highest BCUT2D eigenvalue weighted by molar-refractivity contribution is 5.99. The highest BCUT2D eigenvalue weighted by atomic mass is 16.3. The third-order valence-electron chi connectivity index (χ3n) is 4.07. The molecule has 1 aliphatic heterocycles. The second kappa shape index (κ2) is 6.83. The number of Topliss-reactive ketones (excluding diaryl/α,β-unsaturated/α-hetero) is 1. The smallest absolute Gasteiger partial charge is 0.179 e. The highest BCUT2D eigenvalue weighted by Gasteiger charge is 2.27. The molecule has 3 heteroatoms. The zero-order valence-corrected chi connectivity index (χ0v) is 11.6. The van der Waals surface area contributed by atoms with Crippen LogP contribution in [-0.2, 0) is 0 Å². The molecule has 0 aliphatic carbocycles. The molecular weight excluding hydrogens is 238 g/mol. The molecule has 1 heterocycles. The fraction of sp³-hybridized carbons (Fsp3) is 0.562. The van der Waals surface area contributed by atoms with E-state index < -0.39 is 0 Å². The lowest BCUT2D eigenvalue weighted by Gasteiger charge is -2.36. The topological polar surface area (TPSA) is 40.5 Å². The Balaban J connectivity index is 1.99. The largest absolute Gasteiger partial charge is 0.396 e. The normalized spacial score (nSPS) is 22.1. The number of nitrogens with zero attached hydrogens (tertiary/aromatic N) is 1. The van der Waals surface area contributed by atoms with Crippen LogP contribution in [0.3, 0.4) is 0 Å². The number of hydrogen-bond donors (Lipinski definition) is 1. The fourth-order valence-corrected chi connectivity index (χ4v) is 2.88. The molecule has 104 valence electrons. The van der Waals surface area contributed by atoms with Gasteiger partial charge in [-0.1, -0.05) is 30.3 Å². The molecule has 1 aromatic rings. The van der Waals surface area contributed by atoms with Crippen LogP contribution in [0, 0.1) is 5.92 Å². The van der Waals surface area contributed by atoms with Crippen molar-refractivity contribution in [3.63, 3.8) is 0 Å². The fourth-order valence-electron chi connectivity index (χ4n) is 2.88.